The Bertz CT molecular complexity index is 523. The first-order valence-corrected chi connectivity index (χ1v) is 4.05. The number of nitriles is 1. The van der Waals surface area contributed by atoms with Crippen molar-refractivity contribution in [2.45, 2.75) is 6.92 Å². The summed E-state index contributed by atoms with van der Waals surface area (Å²) >= 11 is 0. The molecule has 5 nitrogen and oxygen atoms in total. The average molecular weight is 188 g/mol. The molecule has 2 rings (SSSR count). The van der Waals surface area contributed by atoms with Gasteiger partial charge in [-0.2, -0.15) is 5.26 Å². The van der Waals surface area contributed by atoms with Gasteiger partial charge in [0.1, 0.15) is 6.07 Å². The van der Waals surface area contributed by atoms with Gasteiger partial charge in [0.05, 0.1) is 18.4 Å². The van der Waals surface area contributed by atoms with E-state index >= 15 is 0 Å². The van der Waals surface area contributed by atoms with Crippen molar-refractivity contribution >= 4 is 5.65 Å². The van der Waals surface area contributed by atoms with Gasteiger partial charge in [-0.3, -0.25) is 0 Å². The Morgan fingerprint density at radius 2 is 2.36 bits per heavy atom. The summed E-state index contributed by atoms with van der Waals surface area (Å²) in [6.07, 6.45) is 1.53. The van der Waals surface area contributed by atoms with Crippen LogP contribution in [0.2, 0.25) is 0 Å². The van der Waals surface area contributed by atoms with Gasteiger partial charge in [0, 0.05) is 12.3 Å². The molecule has 0 aliphatic rings. The van der Waals surface area contributed by atoms with E-state index in [2.05, 4.69) is 16.2 Å². The molecule has 0 aliphatic carbocycles. The summed E-state index contributed by atoms with van der Waals surface area (Å²) in [4.78, 5) is 4.08. The molecule has 2 heterocycles. The molecule has 0 amide bonds. The van der Waals surface area contributed by atoms with Crippen molar-refractivity contribution in [3.05, 3.63) is 23.5 Å². The van der Waals surface area contributed by atoms with Crippen LogP contribution in [0.1, 0.15) is 11.3 Å². The van der Waals surface area contributed by atoms with Crippen molar-refractivity contribution in [1.29, 1.82) is 5.26 Å². The Morgan fingerprint density at radius 1 is 1.57 bits per heavy atom. The Balaban J connectivity index is 2.76. The zero-order valence-electron chi connectivity index (χ0n) is 7.85. The Hall–Kier alpha value is -2.09. The number of methoxy groups -OCH3 is 1. The van der Waals surface area contributed by atoms with E-state index in [-0.39, 0.29) is 0 Å². The molecule has 0 spiro atoms. The summed E-state index contributed by atoms with van der Waals surface area (Å²) in [5.41, 5.74) is 1.96. The zero-order chi connectivity index (χ0) is 10.1. The zero-order valence-corrected chi connectivity index (χ0v) is 7.85. The molecule has 0 saturated heterocycles. The van der Waals surface area contributed by atoms with Crippen LogP contribution in [-0.4, -0.2) is 21.7 Å². The van der Waals surface area contributed by atoms with Gasteiger partial charge in [0.25, 0.3) is 0 Å². The van der Waals surface area contributed by atoms with Crippen LogP contribution in [0.15, 0.2) is 12.3 Å². The largest absolute Gasteiger partial charge is 0.480 e. The fourth-order valence-corrected chi connectivity index (χ4v) is 1.24. The molecular weight excluding hydrogens is 180 g/mol. The van der Waals surface area contributed by atoms with Gasteiger partial charge in [-0.05, 0) is 6.92 Å². The lowest BCUT2D eigenvalue weighted by molar-refractivity contribution is 0.395. The molecule has 0 fully saturated rings. The van der Waals surface area contributed by atoms with Crippen molar-refractivity contribution in [2.24, 2.45) is 0 Å². The molecule has 0 radical (unpaired) electrons. The second kappa shape index (κ2) is 3.00. The minimum atomic E-state index is 0.496. The summed E-state index contributed by atoms with van der Waals surface area (Å²) in [6, 6.07) is 3.77. The van der Waals surface area contributed by atoms with Crippen LogP contribution in [0.25, 0.3) is 5.65 Å². The summed E-state index contributed by atoms with van der Waals surface area (Å²) in [5, 5.41) is 12.9. The van der Waals surface area contributed by atoms with Crippen LogP contribution in [-0.2, 0) is 0 Å². The van der Waals surface area contributed by atoms with Gasteiger partial charge in [-0.1, -0.05) is 0 Å². The van der Waals surface area contributed by atoms with Crippen LogP contribution in [0.3, 0.4) is 0 Å². The summed E-state index contributed by atoms with van der Waals surface area (Å²) in [7, 11) is 1.54. The highest BCUT2D eigenvalue weighted by atomic mass is 16.5. The number of hydrogen-bond donors (Lipinski definition) is 0. The van der Waals surface area contributed by atoms with Crippen molar-refractivity contribution in [3.8, 4) is 11.9 Å². The number of rotatable bonds is 1. The van der Waals surface area contributed by atoms with Crippen molar-refractivity contribution < 1.29 is 4.74 Å². The lowest BCUT2D eigenvalue weighted by Gasteiger charge is -1.98. The molecule has 0 bridgehead atoms. The maximum atomic E-state index is 8.78. The lowest BCUT2D eigenvalue weighted by atomic mass is 10.3. The first kappa shape index (κ1) is 8.51. The third-order valence-corrected chi connectivity index (χ3v) is 2.03. The van der Waals surface area contributed by atoms with Gasteiger partial charge in [-0.15, -0.1) is 5.10 Å². The minimum absolute atomic E-state index is 0.496. The second-order valence-electron chi connectivity index (χ2n) is 2.83. The number of ether oxygens (including phenoxy) is 1. The summed E-state index contributed by atoms with van der Waals surface area (Å²) in [6.45, 7) is 1.82. The molecule has 0 saturated carbocycles. The molecule has 0 aliphatic heterocycles. The van der Waals surface area contributed by atoms with E-state index in [1.165, 1.54) is 6.20 Å². The van der Waals surface area contributed by atoms with E-state index in [4.69, 9.17) is 10.00 Å². The average Bonchev–Trinajstić information content (AvgIpc) is 2.62. The fraction of sp³-hybridized carbons (Fsp3) is 0.222. The molecule has 2 aromatic heterocycles. The second-order valence-corrected chi connectivity index (χ2v) is 2.83. The first-order chi connectivity index (χ1) is 6.76. The minimum Gasteiger partial charge on any atom is -0.480 e. The molecule has 14 heavy (non-hydrogen) atoms. The summed E-state index contributed by atoms with van der Waals surface area (Å²) in [5.74, 6) is 0.496. The van der Waals surface area contributed by atoms with Crippen LogP contribution in [0, 0.1) is 18.3 Å². The Labute approximate surface area is 80.6 Å². The Morgan fingerprint density at radius 3 is 3.00 bits per heavy atom. The highest BCUT2D eigenvalue weighted by Gasteiger charge is 2.07. The molecular formula is C9H8N4O. The number of hydrogen-bond acceptors (Lipinski definition) is 4. The number of aromatic nitrogens is 3. The maximum absolute atomic E-state index is 8.78. The smallest absolute Gasteiger partial charge is 0.235 e. The van der Waals surface area contributed by atoms with E-state index in [1.807, 2.05) is 6.92 Å². The molecule has 0 N–H and O–H groups in total. The third kappa shape index (κ3) is 1.09. The van der Waals surface area contributed by atoms with E-state index in [9.17, 15) is 0 Å². The molecule has 0 atom stereocenters. The fourth-order valence-electron chi connectivity index (χ4n) is 1.24. The van der Waals surface area contributed by atoms with Crippen LogP contribution in [0.4, 0.5) is 0 Å². The quantitative estimate of drug-likeness (QED) is 0.667. The molecule has 0 unspecified atom stereocenters. The van der Waals surface area contributed by atoms with E-state index in [1.54, 1.807) is 17.7 Å². The summed E-state index contributed by atoms with van der Waals surface area (Å²) < 4.78 is 6.57. The number of nitrogens with zero attached hydrogens (tertiary/aromatic N) is 4. The predicted molar refractivity (Wildman–Crippen MR) is 49.0 cm³/mol. The molecule has 5 heteroatoms. The van der Waals surface area contributed by atoms with E-state index < -0.39 is 0 Å². The van der Waals surface area contributed by atoms with Gasteiger partial charge in [-0.25, -0.2) is 9.50 Å². The van der Waals surface area contributed by atoms with Gasteiger partial charge >= 0.3 is 0 Å². The normalized spacial score (nSPS) is 10.1. The van der Waals surface area contributed by atoms with E-state index in [0.717, 1.165) is 5.69 Å². The Kier molecular flexibility index (Phi) is 1.82. The van der Waals surface area contributed by atoms with Gasteiger partial charge in [0.15, 0.2) is 5.65 Å². The van der Waals surface area contributed by atoms with Crippen LogP contribution < -0.4 is 4.74 Å². The number of fused-ring (bicyclic) bond motifs is 1. The molecule has 0 aromatic carbocycles. The highest BCUT2D eigenvalue weighted by molar-refractivity contribution is 5.46. The lowest BCUT2D eigenvalue weighted by Crippen LogP contribution is -1.98. The van der Waals surface area contributed by atoms with Crippen molar-refractivity contribution in [2.75, 3.05) is 7.11 Å². The van der Waals surface area contributed by atoms with Crippen molar-refractivity contribution in [3.63, 3.8) is 0 Å². The van der Waals surface area contributed by atoms with E-state index in [0.29, 0.717) is 17.1 Å². The predicted octanol–water partition coefficient (Wildman–Crippen LogP) is 0.918. The monoisotopic (exact) mass is 188 g/mol. The SMILES string of the molecule is COc1cc2ncc(C#N)c(C)n2n1. The van der Waals surface area contributed by atoms with Crippen molar-refractivity contribution in [1.82, 2.24) is 14.6 Å². The first-order valence-electron chi connectivity index (χ1n) is 4.05. The molecule has 2 aromatic rings. The van der Waals surface area contributed by atoms with Gasteiger partial charge < -0.3 is 4.74 Å². The number of aryl methyl sites for hydroxylation is 1. The highest BCUT2D eigenvalue weighted by Crippen LogP contribution is 2.14. The third-order valence-electron chi connectivity index (χ3n) is 2.03. The van der Waals surface area contributed by atoms with Gasteiger partial charge in [0.2, 0.25) is 5.88 Å². The standard InChI is InChI=1S/C9H8N4O/c1-6-7(4-10)5-11-8-3-9(14-2)12-13(6)8/h3,5H,1-2H3. The molecule has 70 valence electrons. The topological polar surface area (TPSA) is 63.2 Å². The van der Waals surface area contributed by atoms with Crippen LogP contribution in [0.5, 0.6) is 5.88 Å². The van der Waals surface area contributed by atoms with Crippen LogP contribution >= 0.6 is 0 Å². The maximum Gasteiger partial charge on any atom is 0.235 e.